The number of para-hydroxylation sites is 1. The Morgan fingerprint density at radius 1 is 1.29 bits per heavy atom. The smallest absolute Gasteiger partial charge is 0.308 e. The van der Waals surface area contributed by atoms with Gasteiger partial charge in [-0.1, -0.05) is 18.2 Å². The number of benzene rings is 1. The van der Waals surface area contributed by atoms with Gasteiger partial charge in [0.1, 0.15) is 0 Å². The molecule has 0 spiro atoms. The van der Waals surface area contributed by atoms with Gasteiger partial charge in [0.25, 0.3) is 11.7 Å². The number of hydrogen-bond acceptors (Lipinski definition) is 7. The van der Waals surface area contributed by atoms with E-state index in [2.05, 4.69) is 4.98 Å². The van der Waals surface area contributed by atoms with Crippen molar-refractivity contribution in [1.29, 1.82) is 0 Å². The Kier molecular flexibility index (Phi) is 4.15. The molecule has 0 amide bonds. The number of sulfonamides is 1. The topological polar surface area (TPSA) is 103 Å². The van der Waals surface area contributed by atoms with Gasteiger partial charge in [-0.05, 0) is 25.5 Å². The predicted molar refractivity (Wildman–Crippen MR) is 99.1 cm³/mol. The SMILES string of the molecule is CC(=O)OC1=C(N2CCCS2(=O)=O)OC(C)(c2ccnc3ccccc23)C1=O. The van der Waals surface area contributed by atoms with Crippen LogP contribution in [0.2, 0.25) is 0 Å². The fourth-order valence-electron chi connectivity index (χ4n) is 3.55. The number of carbonyl (C=O) groups excluding carboxylic acids is 2. The lowest BCUT2D eigenvalue weighted by Crippen LogP contribution is -2.33. The molecular weight excluding hydrogens is 384 g/mol. The summed E-state index contributed by atoms with van der Waals surface area (Å²) >= 11 is 0. The van der Waals surface area contributed by atoms with Gasteiger partial charge in [0.2, 0.25) is 15.8 Å². The molecule has 0 aliphatic carbocycles. The number of fused-ring (bicyclic) bond motifs is 1. The van der Waals surface area contributed by atoms with E-state index in [0.29, 0.717) is 22.9 Å². The Labute approximate surface area is 161 Å². The summed E-state index contributed by atoms with van der Waals surface area (Å²) in [6.07, 6.45) is 1.95. The first-order chi connectivity index (χ1) is 13.2. The molecule has 2 aliphatic rings. The van der Waals surface area contributed by atoms with Crippen LogP contribution in [-0.2, 0) is 34.7 Å². The number of ketones is 1. The highest BCUT2D eigenvalue weighted by Crippen LogP contribution is 2.43. The van der Waals surface area contributed by atoms with Crippen molar-refractivity contribution in [2.75, 3.05) is 12.3 Å². The average Bonchev–Trinajstić information content (AvgIpc) is 3.12. The Morgan fingerprint density at radius 2 is 2.04 bits per heavy atom. The molecule has 0 saturated carbocycles. The number of hydrogen-bond donors (Lipinski definition) is 0. The summed E-state index contributed by atoms with van der Waals surface area (Å²) < 4.78 is 36.9. The van der Waals surface area contributed by atoms with E-state index in [4.69, 9.17) is 9.47 Å². The van der Waals surface area contributed by atoms with Gasteiger partial charge < -0.3 is 9.47 Å². The molecule has 1 saturated heterocycles. The number of carbonyl (C=O) groups is 2. The molecule has 3 heterocycles. The molecule has 28 heavy (non-hydrogen) atoms. The summed E-state index contributed by atoms with van der Waals surface area (Å²) in [7, 11) is -3.64. The maximum atomic E-state index is 13.3. The van der Waals surface area contributed by atoms with Crippen LogP contribution in [0.5, 0.6) is 0 Å². The van der Waals surface area contributed by atoms with E-state index in [9.17, 15) is 18.0 Å². The standard InChI is InChI=1S/C19H18N2O6S/c1-12(22)26-16-17(23)19(2,27-18(16)21-10-5-11-28(21,24)25)14-8-9-20-15-7-4-3-6-13(14)15/h3-4,6-9H,5,10-11H2,1-2H3. The summed E-state index contributed by atoms with van der Waals surface area (Å²) in [5.41, 5.74) is -0.380. The van der Waals surface area contributed by atoms with Crippen molar-refractivity contribution in [1.82, 2.24) is 9.29 Å². The Balaban J connectivity index is 1.87. The van der Waals surface area contributed by atoms with Gasteiger partial charge in [-0.3, -0.25) is 14.6 Å². The minimum absolute atomic E-state index is 0.0592. The fourth-order valence-corrected chi connectivity index (χ4v) is 5.05. The number of aromatic nitrogens is 1. The number of ether oxygens (including phenoxy) is 2. The highest BCUT2D eigenvalue weighted by Gasteiger charge is 2.53. The molecule has 4 rings (SSSR count). The lowest BCUT2D eigenvalue weighted by atomic mass is 9.89. The number of Topliss-reactive ketones (excluding diaryl/α,β-unsaturated/α-hetero) is 1. The number of nitrogens with zero attached hydrogens (tertiary/aromatic N) is 2. The van der Waals surface area contributed by atoms with Crippen molar-refractivity contribution in [2.45, 2.75) is 25.9 Å². The zero-order valence-corrected chi connectivity index (χ0v) is 16.2. The summed E-state index contributed by atoms with van der Waals surface area (Å²) in [6.45, 7) is 2.84. The van der Waals surface area contributed by atoms with Crippen LogP contribution in [0.4, 0.5) is 0 Å². The molecule has 146 valence electrons. The third-order valence-corrected chi connectivity index (χ3v) is 6.69. The summed E-state index contributed by atoms with van der Waals surface area (Å²) in [6, 6.07) is 8.88. The molecule has 1 atom stereocenters. The zero-order chi connectivity index (χ0) is 20.1. The molecule has 2 aliphatic heterocycles. The maximum Gasteiger partial charge on any atom is 0.308 e. The summed E-state index contributed by atoms with van der Waals surface area (Å²) in [4.78, 5) is 29.2. The first-order valence-electron chi connectivity index (χ1n) is 8.75. The average molecular weight is 402 g/mol. The van der Waals surface area contributed by atoms with E-state index in [1.165, 1.54) is 6.92 Å². The van der Waals surface area contributed by atoms with Crippen LogP contribution in [0.3, 0.4) is 0 Å². The lowest BCUT2D eigenvalue weighted by Gasteiger charge is -2.27. The van der Waals surface area contributed by atoms with Crippen molar-refractivity contribution in [3.8, 4) is 0 Å². The Morgan fingerprint density at radius 3 is 2.71 bits per heavy atom. The van der Waals surface area contributed by atoms with Crippen LogP contribution < -0.4 is 0 Å². The van der Waals surface area contributed by atoms with Crippen LogP contribution in [0.25, 0.3) is 10.9 Å². The van der Waals surface area contributed by atoms with Crippen molar-refractivity contribution in [2.24, 2.45) is 0 Å². The van der Waals surface area contributed by atoms with Crippen LogP contribution >= 0.6 is 0 Å². The Bertz CT molecular complexity index is 1130. The van der Waals surface area contributed by atoms with Crippen molar-refractivity contribution in [3.05, 3.63) is 53.7 Å². The molecule has 1 aromatic heterocycles. The second kappa shape index (κ2) is 6.30. The van der Waals surface area contributed by atoms with Crippen LogP contribution in [0, 0.1) is 0 Å². The molecular formula is C19H18N2O6S. The Hall–Kier alpha value is -2.94. The lowest BCUT2D eigenvalue weighted by molar-refractivity contribution is -0.142. The van der Waals surface area contributed by atoms with E-state index >= 15 is 0 Å². The fraction of sp³-hybridized carbons (Fsp3) is 0.316. The van der Waals surface area contributed by atoms with E-state index < -0.39 is 27.4 Å². The molecule has 0 bridgehead atoms. The van der Waals surface area contributed by atoms with Gasteiger partial charge in [0, 0.05) is 30.6 Å². The largest absolute Gasteiger partial charge is 0.456 e. The zero-order valence-electron chi connectivity index (χ0n) is 15.3. The van der Waals surface area contributed by atoms with E-state index in [0.717, 1.165) is 11.2 Å². The van der Waals surface area contributed by atoms with E-state index in [-0.39, 0.29) is 23.9 Å². The first-order valence-corrected chi connectivity index (χ1v) is 10.4. The van der Waals surface area contributed by atoms with Crippen LogP contribution in [0.1, 0.15) is 25.8 Å². The second-order valence-electron chi connectivity index (χ2n) is 6.81. The molecule has 1 aromatic carbocycles. The van der Waals surface area contributed by atoms with Crippen molar-refractivity contribution in [3.63, 3.8) is 0 Å². The summed E-state index contributed by atoms with van der Waals surface area (Å²) in [5.74, 6) is -2.03. The third kappa shape index (κ3) is 2.73. The van der Waals surface area contributed by atoms with Gasteiger partial charge >= 0.3 is 5.97 Å². The maximum absolute atomic E-state index is 13.3. The predicted octanol–water partition coefficient (Wildman–Crippen LogP) is 1.82. The molecule has 1 unspecified atom stereocenters. The quantitative estimate of drug-likeness (QED) is 0.722. The van der Waals surface area contributed by atoms with Gasteiger partial charge in [0.15, 0.2) is 5.60 Å². The molecule has 1 fully saturated rings. The van der Waals surface area contributed by atoms with Gasteiger partial charge in [0.05, 0.1) is 11.3 Å². The first kappa shape index (κ1) is 18.4. The monoisotopic (exact) mass is 402 g/mol. The minimum Gasteiger partial charge on any atom is -0.456 e. The van der Waals surface area contributed by atoms with E-state index in [1.54, 1.807) is 24.4 Å². The van der Waals surface area contributed by atoms with Crippen molar-refractivity contribution >= 4 is 32.7 Å². The van der Waals surface area contributed by atoms with Gasteiger partial charge in [-0.15, -0.1) is 0 Å². The molecule has 0 radical (unpaired) electrons. The molecule has 8 nitrogen and oxygen atoms in total. The van der Waals surface area contributed by atoms with Crippen molar-refractivity contribution < 1.29 is 27.5 Å². The second-order valence-corrected chi connectivity index (χ2v) is 8.82. The summed E-state index contributed by atoms with van der Waals surface area (Å²) in [5, 5.41) is 0.688. The molecule has 9 heteroatoms. The van der Waals surface area contributed by atoms with Gasteiger partial charge in [-0.2, -0.15) is 0 Å². The number of rotatable bonds is 3. The number of pyridine rings is 1. The minimum atomic E-state index is -3.64. The molecule has 0 N–H and O–H groups in total. The number of esters is 1. The van der Waals surface area contributed by atoms with Crippen LogP contribution in [-0.4, -0.2) is 41.8 Å². The van der Waals surface area contributed by atoms with Crippen LogP contribution in [0.15, 0.2) is 48.2 Å². The normalized spacial score (nSPS) is 23.9. The highest BCUT2D eigenvalue weighted by atomic mass is 32.2. The van der Waals surface area contributed by atoms with Gasteiger partial charge in [-0.25, -0.2) is 12.7 Å². The third-order valence-electron chi connectivity index (χ3n) is 4.87. The molecule has 2 aromatic rings. The highest BCUT2D eigenvalue weighted by molar-refractivity contribution is 7.89. The van der Waals surface area contributed by atoms with E-state index in [1.807, 2.05) is 12.1 Å².